The summed E-state index contributed by atoms with van der Waals surface area (Å²) in [6.07, 6.45) is 0.241. The van der Waals surface area contributed by atoms with Gasteiger partial charge in [-0.2, -0.15) is 0 Å². The van der Waals surface area contributed by atoms with Crippen LogP contribution in [-0.4, -0.2) is 28.5 Å². The normalized spacial score (nSPS) is 27.8. The first-order valence-corrected chi connectivity index (χ1v) is 8.31. The van der Waals surface area contributed by atoms with Crippen molar-refractivity contribution in [1.29, 1.82) is 0 Å². The minimum atomic E-state index is -0.662. The maximum atomic E-state index is 12.6. The molecular weight excluding hydrogens is 314 g/mol. The van der Waals surface area contributed by atoms with Crippen molar-refractivity contribution in [3.63, 3.8) is 0 Å². The summed E-state index contributed by atoms with van der Waals surface area (Å²) >= 11 is 6.08. The van der Waals surface area contributed by atoms with Crippen molar-refractivity contribution in [3.8, 4) is 0 Å². The number of aryl methyl sites for hydroxylation is 1. The zero-order chi connectivity index (χ0) is 17.6. The van der Waals surface area contributed by atoms with Crippen LogP contribution in [0.15, 0.2) is 18.2 Å². The molecule has 2 aliphatic rings. The quantitative estimate of drug-likeness (QED) is 0.709. The SMILES string of the molecule is [2H]C1CC(=O)N(C(=O)OC(C)(C)C)C2CCc3cc(Cl)ccc3C12. The summed E-state index contributed by atoms with van der Waals surface area (Å²) in [6.45, 7) is 5.34. The molecule has 0 N–H and O–H groups in total. The Kier molecular flexibility index (Phi) is 3.80. The number of fused-ring (bicyclic) bond motifs is 3. The predicted molar refractivity (Wildman–Crippen MR) is 88.6 cm³/mol. The second-order valence-corrected chi connectivity index (χ2v) is 7.60. The fraction of sp³-hybridized carbons (Fsp3) is 0.556. The molecule has 2 amide bonds. The van der Waals surface area contributed by atoms with E-state index in [-0.39, 0.29) is 24.3 Å². The molecule has 4 nitrogen and oxygen atoms in total. The fourth-order valence-corrected chi connectivity index (χ4v) is 3.63. The maximum absolute atomic E-state index is 12.6. The second-order valence-electron chi connectivity index (χ2n) is 7.16. The second kappa shape index (κ2) is 5.82. The number of ether oxygens (including phenoxy) is 1. The number of piperidine rings is 1. The summed E-state index contributed by atoms with van der Waals surface area (Å²) in [5.74, 6) is -0.501. The van der Waals surface area contributed by atoms with E-state index in [1.807, 2.05) is 18.2 Å². The van der Waals surface area contributed by atoms with Gasteiger partial charge in [-0.3, -0.25) is 4.79 Å². The molecule has 1 aliphatic carbocycles. The zero-order valence-corrected chi connectivity index (χ0v) is 14.4. The molecule has 0 radical (unpaired) electrons. The Balaban J connectivity index is 1.95. The summed E-state index contributed by atoms with van der Waals surface area (Å²) in [7, 11) is 0. The Bertz CT molecular complexity index is 685. The van der Waals surface area contributed by atoms with Crippen LogP contribution in [0.5, 0.6) is 0 Å². The van der Waals surface area contributed by atoms with Gasteiger partial charge in [-0.1, -0.05) is 17.7 Å². The van der Waals surface area contributed by atoms with Gasteiger partial charge in [0.25, 0.3) is 0 Å². The van der Waals surface area contributed by atoms with E-state index >= 15 is 0 Å². The number of likely N-dealkylation sites (tertiary alicyclic amines) is 1. The Hall–Kier alpha value is -1.55. The minimum absolute atomic E-state index is 0.0302. The van der Waals surface area contributed by atoms with Crippen LogP contribution in [0.3, 0.4) is 0 Å². The first kappa shape index (κ1) is 15.0. The van der Waals surface area contributed by atoms with E-state index in [0.29, 0.717) is 11.4 Å². The molecule has 23 heavy (non-hydrogen) atoms. The average molecular weight is 337 g/mol. The molecule has 1 aromatic rings. The third-order valence-corrected chi connectivity index (χ3v) is 4.56. The summed E-state index contributed by atoms with van der Waals surface area (Å²) < 4.78 is 13.8. The van der Waals surface area contributed by atoms with Gasteiger partial charge in [-0.25, -0.2) is 9.69 Å². The number of hydrogen-bond acceptors (Lipinski definition) is 3. The Morgan fingerprint density at radius 1 is 1.39 bits per heavy atom. The topological polar surface area (TPSA) is 46.6 Å². The van der Waals surface area contributed by atoms with Gasteiger partial charge in [-0.05, 0) is 63.3 Å². The van der Waals surface area contributed by atoms with E-state index in [1.54, 1.807) is 20.8 Å². The average Bonchev–Trinajstić information content (AvgIpc) is 2.44. The molecule has 1 aliphatic heterocycles. The van der Waals surface area contributed by atoms with Crippen LogP contribution in [0.25, 0.3) is 0 Å². The Labute approximate surface area is 143 Å². The lowest BCUT2D eigenvalue weighted by molar-refractivity contribution is -0.136. The van der Waals surface area contributed by atoms with E-state index in [9.17, 15) is 9.59 Å². The first-order chi connectivity index (χ1) is 11.2. The smallest absolute Gasteiger partial charge is 0.417 e. The van der Waals surface area contributed by atoms with E-state index in [0.717, 1.165) is 17.5 Å². The maximum Gasteiger partial charge on any atom is 0.417 e. The van der Waals surface area contributed by atoms with Crippen molar-refractivity contribution in [2.75, 3.05) is 0 Å². The van der Waals surface area contributed by atoms with Gasteiger partial charge < -0.3 is 4.74 Å². The van der Waals surface area contributed by atoms with E-state index in [1.165, 1.54) is 4.90 Å². The Morgan fingerprint density at radius 2 is 2.13 bits per heavy atom. The largest absolute Gasteiger partial charge is 0.443 e. The molecule has 0 spiro atoms. The molecule has 1 saturated heterocycles. The lowest BCUT2D eigenvalue weighted by atomic mass is 9.74. The number of carbonyl (C=O) groups is 2. The van der Waals surface area contributed by atoms with Gasteiger partial charge in [0.2, 0.25) is 5.91 Å². The van der Waals surface area contributed by atoms with Crippen LogP contribution in [0.1, 0.15) is 58.4 Å². The number of carbonyl (C=O) groups excluding carboxylic acids is 2. The van der Waals surface area contributed by atoms with Gasteiger partial charge >= 0.3 is 6.09 Å². The number of nitrogens with zero attached hydrogens (tertiary/aromatic N) is 1. The highest BCUT2D eigenvalue weighted by molar-refractivity contribution is 6.30. The summed E-state index contributed by atoms with van der Waals surface area (Å²) in [5.41, 5.74) is 1.47. The van der Waals surface area contributed by atoms with Crippen molar-refractivity contribution < 1.29 is 15.7 Å². The fourth-order valence-electron chi connectivity index (χ4n) is 3.44. The highest BCUT2D eigenvalue weighted by Crippen LogP contribution is 2.42. The number of halogens is 1. The molecule has 3 rings (SSSR count). The van der Waals surface area contributed by atoms with Gasteiger partial charge in [0.15, 0.2) is 0 Å². The van der Waals surface area contributed by atoms with Gasteiger partial charge in [0.1, 0.15) is 5.60 Å². The number of rotatable bonds is 0. The molecule has 0 aromatic heterocycles. The van der Waals surface area contributed by atoms with E-state index < -0.39 is 18.1 Å². The van der Waals surface area contributed by atoms with Crippen LogP contribution in [0.4, 0.5) is 4.79 Å². The van der Waals surface area contributed by atoms with Crippen LogP contribution in [0.2, 0.25) is 5.02 Å². The highest BCUT2D eigenvalue weighted by Gasteiger charge is 2.44. The van der Waals surface area contributed by atoms with E-state index in [4.69, 9.17) is 17.7 Å². The lowest BCUT2D eigenvalue weighted by Gasteiger charge is -2.43. The zero-order valence-electron chi connectivity index (χ0n) is 14.6. The third-order valence-electron chi connectivity index (χ3n) is 4.33. The van der Waals surface area contributed by atoms with Crippen LogP contribution in [0, 0.1) is 0 Å². The van der Waals surface area contributed by atoms with Crippen molar-refractivity contribution in [2.24, 2.45) is 0 Å². The minimum Gasteiger partial charge on any atom is -0.443 e. The molecule has 3 unspecified atom stereocenters. The van der Waals surface area contributed by atoms with Gasteiger partial charge in [0.05, 0.1) is 6.04 Å². The molecular formula is C18H22ClNO3. The summed E-state index contributed by atoms with van der Waals surface area (Å²) in [6, 6.07) is 5.34. The number of benzene rings is 1. The summed E-state index contributed by atoms with van der Waals surface area (Å²) in [5, 5.41) is 0.671. The summed E-state index contributed by atoms with van der Waals surface area (Å²) in [4.78, 5) is 26.2. The van der Waals surface area contributed by atoms with Crippen LogP contribution >= 0.6 is 11.6 Å². The molecule has 1 aromatic carbocycles. The van der Waals surface area contributed by atoms with Crippen molar-refractivity contribution in [1.82, 2.24) is 4.90 Å². The molecule has 124 valence electrons. The van der Waals surface area contributed by atoms with Crippen LogP contribution < -0.4 is 0 Å². The molecule has 0 saturated carbocycles. The van der Waals surface area contributed by atoms with Crippen molar-refractivity contribution in [3.05, 3.63) is 34.3 Å². The van der Waals surface area contributed by atoms with E-state index in [2.05, 4.69) is 0 Å². The number of hydrogen-bond donors (Lipinski definition) is 0. The van der Waals surface area contributed by atoms with Crippen LogP contribution in [-0.2, 0) is 16.0 Å². The molecule has 5 heteroatoms. The first-order valence-electron chi connectivity index (χ1n) is 8.51. The standard InChI is InChI=1S/C18H22ClNO3/c1-18(2,3)23-17(22)20-15-8-4-11-10-12(19)5-6-13(11)14(15)7-9-16(20)21/h5-6,10,14-15H,4,7-9H2,1-3H3/i7D. The molecule has 1 fully saturated rings. The van der Waals surface area contributed by atoms with Crippen molar-refractivity contribution in [2.45, 2.75) is 64.0 Å². The Morgan fingerprint density at radius 3 is 2.83 bits per heavy atom. The molecule has 3 atom stereocenters. The predicted octanol–water partition coefficient (Wildman–Crippen LogP) is 4.30. The number of imide groups is 1. The van der Waals surface area contributed by atoms with Crippen molar-refractivity contribution >= 4 is 23.6 Å². The third kappa shape index (κ3) is 3.23. The lowest BCUT2D eigenvalue weighted by Crippen LogP contribution is -2.53. The molecule has 0 bridgehead atoms. The monoisotopic (exact) mass is 336 g/mol. The van der Waals surface area contributed by atoms with Gasteiger partial charge in [-0.15, -0.1) is 0 Å². The number of amides is 2. The van der Waals surface area contributed by atoms with Gasteiger partial charge in [0, 0.05) is 18.7 Å². The molecule has 1 heterocycles. The highest BCUT2D eigenvalue weighted by atomic mass is 35.5.